The number of hydrogen-bond donors (Lipinski definition) is 0. The molecule has 0 atom stereocenters. The summed E-state index contributed by atoms with van der Waals surface area (Å²) in [5.74, 6) is 0. The minimum absolute atomic E-state index is 0. The third-order valence-electron chi connectivity index (χ3n) is 11.1. The summed E-state index contributed by atoms with van der Waals surface area (Å²) in [7, 11) is -9.04. The van der Waals surface area contributed by atoms with Gasteiger partial charge in [0.1, 0.15) is 20.2 Å². The molecule has 0 bridgehead atoms. The largest absolute Gasteiger partial charge is 2.00 e. The quantitative estimate of drug-likeness (QED) is 0.0352. The molecular formula is C48H70BaO6S2. The second-order valence-electron chi connectivity index (χ2n) is 15.7. The molecule has 0 aliphatic heterocycles. The van der Waals surface area contributed by atoms with Crippen LogP contribution in [0.25, 0.3) is 21.5 Å². The molecule has 0 heterocycles. The van der Waals surface area contributed by atoms with E-state index in [1.54, 1.807) is 12.1 Å². The maximum atomic E-state index is 12.2. The van der Waals surface area contributed by atoms with Crippen molar-refractivity contribution in [1.82, 2.24) is 0 Å². The Hall–Kier alpha value is -1.21. The fraction of sp³-hybridized carbons (Fsp3) is 0.583. The Labute approximate surface area is 387 Å². The van der Waals surface area contributed by atoms with Gasteiger partial charge in [0.15, 0.2) is 0 Å². The smallest absolute Gasteiger partial charge is 0.744 e. The van der Waals surface area contributed by atoms with Crippen LogP contribution in [0.3, 0.4) is 0 Å². The standard InChI is InChI=1S/2C24H36O3S.Ba/c2*1-3-5-7-9-11-15-20-19-21-16-13-14-18-23(21)24(28(25,26)27)22(20)17-12-10-8-6-4-2;/h2*13-14,16,18-19H,3-12,15,17H2,1-2H3,(H,25,26,27);/q;;+2/p-2. The van der Waals surface area contributed by atoms with Crippen molar-refractivity contribution in [2.45, 2.75) is 192 Å². The van der Waals surface area contributed by atoms with Crippen molar-refractivity contribution in [1.29, 1.82) is 0 Å². The van der Waals surface area contributed by atoms with E-state index in [-0.39, 0.29) is 58.7 Å². The van der Waals surface area contributed by atoms with Gasteiger partial charge in [0.05, 0.1) is 9.79 Å². The summed E-state index contributed by atoms with van der Waals surface area (Å²) in [6.45, 7) is 8.76. The van der Waals surface area contributed by atoms with E-state index < -0.39 is 20.2 Å². The molecular weight excluding hydrogens is 874 g/mol. The topological polar surface area (TPSA) is 114 Å². The molecule has 0 spiro atoms. The van der Waals surface area contributed by atoms with Crippen LogP contribution in [0.5, 0.6) is 0 Å². The van der Waals surface area contributed by atoms with Crippen LogP contribution in [0.1, 0.15) is 178 Å². The molecule has 0 N–H and O–H groups in total. The van der Waals surface area contributed by atoms with Crippen LogP contribution in [0.4, 0.5) is 0 Å². The molecule has 0 saturated carbocycles. The van der Waals surface area contributed by atoms with Gasteiger partial charge in [-0.3, -0.25) is 0 Å². The van der Waals surface area contributed by atoms with E-state index in [1.165, 1.54) is 64.2 Å². The summed E-state index contributed by atoms with van der Waals surface area (Å²) >= 11 is 0. The van der Waals surface area contributed by atoms with Gasteiger partial charge in [-0.05, 0) is 95.2 Å². The van der Waals surface area contributed by atoms with Crippen LogP contribution in [-0.2, 0) is 45.9 Å². The van der Waals surface area contributed by atoms with E-state index in [0.717, 1.165) is 110 Å². The predicted octanol–water partition coefficient (Wildman–Crippen LogP) is 13.2. The fourth-order valence-electron chi connectivity index (χ4n) is 8.04. The number of aryl methyl sites for hydroxylation is 2. The molecule has 0 amide bonds. The van der Waals surface area contributed by atoms with Crippen molar-refractivity contribution >= 4 is 90.7 Å². The normalized spacial score (nSPS) is 11.8. The zero-order valence-corrected chi connectivity index (χ0v) is 41.8. The molecule has 4 rings (SSSR count). The number of benzene rings is 4. The Bertz CT molecular complexity index is 1830. The summed E-state index contributed by atoms with van der Waals surface area (Å²) in [6.07, 6.45) is 25.9. The average Bonchev–Trinajstić information content (AvgIpc) is 3.16. The molecule has 0 aliphatic rings. The van der Waals surface area contributed by atoms with E-state index in [0.29, 0.717) is 23.6 Å². The van der Waals surface area contributed by atoms with E-state index in [9.17, 15) is 25.9 Å². The monoisotopic (exact) mass is 944 g/mol. The Kier molecular flexibility index (Phi) is 25.8. The van der Waals surface area contributed by atoms with Gasteiger partial charge in [-0.2, -0.15) is 0 Å². The van der Waals surface area contributed by atoms with Crippen molar-refractivity contribution in [3.05, 3.63) is 82.9 Å². The number of fused-ring (bicyclic) bond motifs is 2. The number of unbranched alkanes of at least 4 members (excludes halogenated alkanes) is 16. The van der Waals surface area contributed by atoms with Crippen LogP contribution in [0, 0.1) is 0 Å². The number of hydrogen-bond acceptors (Lipinski definition) is 6. The molecule has 6 nitrogen and oxygen atoms in total. The van der Waals surface area contributed by atoms with Crippen LogP contribution in [-0.4, -0.2) is 74.8 Å². The molecule has 4 aromatic rings. The molecule has 0 saturated heterocycles. The van der Waals surface area contributed by atoms with E-state index in [4.69, 9.17) is 0 Å². The molecule has 312 valence electrons. The summed E-state index contributed by atoms with van der Waals surface area (Å²) in [5, 5.41) is 2.87. The van der Waals surface area contributed by atoms with Crippen LogP contribution >= 0.6 is 0 Å². The Balaban J connectivity index is 0.000000387. The SMILES string of the molecule is CCCCCCCc1cc2ccccc2c(S(=O)(=O)[O-])c1CCCCCCC.CCCCCCCc1cc2ccccc2c(S(=O)(=O)[O-])c1CCCCCCC.[Ba+2]. The summed E-state index contributed by atoms with van der Waals surface area (Å²) in [4.78, 5) is 0.0642. The van der Waals surface area contributed by atoms with E-state index >= 15 is 0 Å². The summed E-state index contributed by atoms with van der Waals surface area (Å²) < 4.78 is 73.3. The van der Waals surface area contributed by atoms with Crippen molar-refractivity contribution in [3.8, 4) is 0 Å². The first-order valence-electron chi connectivity index (χ1n) is 22.0. The minimum Gasteiger partial charge on any atom is -0.744 e. The number of rotatable bonds is 26. The third-order valence-corrected chi connectivity index (χ3v) is 13.0. The van der Waals surface area contributed by atoms with Gasteiger partial charge in [0, 0.05) is 0 Å². The van der Waals surface area contributed by atoms with Crippen molar-refractivity contribution < 1.29 is 25.9 Å². The molecule has 0 aromatic heterocycles. The maximum absolute atomic E-state index is 12.2. The fourth-order valence-corrected chi connectivity index (χ4v) is 10.0. The summed E-state index contributed by atoms with van der Waals surface area (Å²) in [5.41, 5.74) is 3.67. The first kappa shape index (κ1) is 51.9. The molecule has 0 fully saturated rings. The van der Waals surface area contributed by atoms with Gasteiger partial charge >= 0.3 is 48.9 Å². The van der Waals surface area contributed by atoms with E-state index in [1.807, 2.05) is 36.4 Å². The Morgan fingerprint density at radius 3 is 0.982 bits per heavy atom. The molecule has 0 aliphatic carbocycles. The van der Waals surface area contributed by atoms with Gasteiger partial charge in [0.2, 0.25) is 0 Å². The average molecular weight is 945 g/mol. The van der Waals surface area contributed by atoms with E-state index in [2.05, 4.69) is 39.8 Å². The van der Waals surface area contributed by atoms with Gasteiger partial charge in [0.25, 0.3) is 0 Å². The van der Waals surface area contributed by atoms with Crippen molar-refractivity contribution in [2.24, 2.45) is 0 Å². The van der Waals surface area contributed by atoms with Crippen LogP contribution in [0.15, 0.2) is 70.5 Å². The first-order valence-corrected chi connectivity index (χ1v) is 24.8. The van der Waals surface area contributed by atoms with Crippen LogP contribution in [0.2, 0.25) is 0 Å². The second-order valence-corrected chi connectivity index (χ2v) is 18.3. The molecule has 9 heteroatoms. The summed E-state index contributed by atoms with van der Waals surface area (Å²) in [6, 6.07) is 19.0. The molecule has 0 unspecified atom stereocenters. The zero-order valence-electron chi connectivity index (χ0n) is 35.7. The molecule has 4 aromatic carbocycles. The van der Waals surface area contributed by atoms with Gasteiger partial charge in [-0.25, -0.2) is 16.8 Å². The van der Waals surface area contributed by atoms with Crippen LogP contribution < -0.4 is 0 Å². The van der Waals surface area contributed by atoms with Gasteiger partial charge < -0.3 is 9.11 Å². The van der Waals surface area contributed by atoms with Gasteiger partial charge in [-0.15, -0.1) is 0 Å². The predicted molar refractivity (Wildman–Crippen MR) is 239 cm³/mol. The van der Waals surface area contributed by atoms with Crippen molar-refractivity contribution in [3.63, 3.8) is 0 Å². The Morgan fingerprint density at radius 2 is 0.684 bits per heavy atom. The zero-order chi connectivity index (χ0) is 40.8. The molecule has 57 heavy (non-hydrogen) atoms. The minimum atomic E-state index is -4.52. The second kappa shape index (κ2) is 28.3. The maximum Gasteiger partial charge on any atom is 2.00 e. The molecule has 0 radical (unpaired) electrons. The third kappa shape index (κ3) is 17.7. The van der Waals surface area contributed by atoms with Gasteiger partial charge in [-0.1, -0.05) is 191 Å². The first-order chi connectivity index (χ1) is 27.0. The Morgan fingerprint density at radius 1 is 0.404 bits per heavy atom. The van der Waals surface area contributed by atoms with Crippen molar-refractivity contribution in [2.75, 3.05) is 0 Å².